The molecule has 0 bridgehead atoms. The molecule has 1 aliphatic rings. The molecule has 1 heterocycles. The van der Waals surface area contributed by atoms with E-state index >= 15 is 0 Å². The Morgan fingerprint density at radius 2 is 2.40 bits per heavy atom. The number of hydrogen-bond acceptors (Lipinski definition) is 3. The third-order valence-electron chi connectivity index (χ3n) is 2.42. The zero-order chi connectivity index (χ0) is 10.8. The number of ether oxygens (including phenoxy) is 1. The summed E-state index contributed by atoms with van der Waals surface area (Å²) in [5, 5.41) is 5.76. The van der Waals surface area contributed by atoms with Crippen molar-refractivity contribution in [3.05, 3.63) is 23.8 Å². The lowest BCUT2D eigenvalue weighted by atomic mass is 10.1. The molecule has 80 valence electrons. The Morgan fingerprint density at radius 1 is 1.60 bits per heavy atom. The normalized spacial score (nSPS) is 18.4. The van der Waals surface area contributed by atoms with Crippen LogP contribution in [0.15, 0.2) is 18.2 Å². The van der Waals surface area contributed by atoms with Gasteiger partial charge in [0.1, 0.15) is 5.75 Å². The van der Waals surface area contributed by atoms with Crippen LogP contribution >= 0.6 is 0 Å². The van der Waals surface area contributed by atoms with Crippen molar-refractivity contribution in [2.45, 2.75) is 13.0 Å². The van der Waals surface area contributed by atoms with Crippen LogP contribution in [0.3, 0.4) is 0 Å². The minimum Gasteiger partial charge on any atom is -0.477 e. The Balaban J connectivity index is 2.20. The van der Waals surface area contributed by atoms with Gasteiger partial charge in [0.15, 0.2) is 6.10 Å². The summed E-state index contributed by atoms with van der Waals surface area (Å²) in [6, 6.07) is 5.86. The summed E-state index contributed by atoms with van der Waals surface area (Å²) in [5.74, 6) is 0.633. The van der Waals surface area contributed by atoms with Crippen LogP contribution in [0.25, 0.3) is 0 Å². The quantitative estimate of drug-likeness (QED) is 0.718. The molecule has 2 N–H and O–H groups in total. The Bertz CT molecular complexity index is 390. The number of likely N-dealkylation sites (N-methyl/N-ethyl adjacent to an activating group) is 1. The number of anilines is 1. The van der Waals surface area contributed by atoms with E-state index in [0.717, 1.165) is 11.4 Å². The zero-order valence-electron chi connectivity index (χ0n) is 8.83. The van der Waals surface area contributed by atoms with Gasteiger partial charge in [0.05, 0.1) is 12.2 Å². The lowest BCUT2D eigenvalue weighted by Gasteiger charge is -2.26. The monoisotopic (exact) mass is 206 g/mol. The van der Waals surface area contributed by atoms with Crippen LogP contribution in [-0.2, 0) is 4.79 Å². The number of amides is 1. The molecule has 1 amide bonds. The van der Waals surface area contributed by atoms with Gasteiger partial charge in [-0.1, -0.05) is 6.07 Å². The van der Waals surface area contributed by atoms with Gasteiger partial charge in [0.25, 0.3) is 5.91 Å². The first-order valence-electron chi connectivity index (χ1n) is 4.93. The summed E-state index contributed by atoms with van der Waals surface area (Å²) in [5.41, 5.74) is 2.12. The lowest BCUT2D eigenvalue weighted by Crippen LogP contribution is -2.43. The van der Waals surface area contributed by atoms with Crippen LogP contribution in [0, 0.1) is 6.92 Å². The fourth-order valence-corrected chi connectivity index (χ4v) is 1.59. The third kappa shape index (κ3) is 1.88. The second kappa shape index (κ2) is 3.81. The predicted octanol–water partition coefficient (Wildman–Crippen LogP) is 0.914. The van der Waals surface area contributed by atoms with Crippen LogP contribution in [-0.4, -0.2) is 25.6 Å². The third-order valence-corrected chi connectivity index (χ3v) is 2.42. The van der Waals surface area contributed by atoms with Crippen molar-refractivity contribution in [2.24, 2.45) is 0 Å². The number of rotatable bonds is 1. The average molecular weight is 206 g/mol. The Morgan fingerprint density at radius 3 is 3.13 bits per heavy atom. The van der Waals surface area contributed by atoms with E-state index in [-0.39, 0.29) is 5.91 Å². The number of aryl methyl sites for hydroxylation is 1. The van der Waals surface area contributed by atoms with Crippen molar-refractivity contribution in [2.75, 3.05) is 18.9 Å². The van der Waals surface area contributed by atoms with Crippen molar-refractivity contribution in [1.29, 1.82) is 0 Å². The number of hydrogen-bond donors (Lipinski definition) is 2. The molecule has 1 aromatic carbocycles. The molecule has 0 fully saturated rings. The van der Waals surface area contributed by atoms with Crippen molar-refractivity contribution in [1.82, 2.24) is 5.32 Å². The molecule has 4 nitrogen and oxygen atoms in total. The minimum atomic E-state index is -0.440. The van der Waals surface area contributed by atoms with E-state index in [4.69, 9.17) is 4.74 Å². The Kier molecular flexibility index (Phi) is 2.49. The van der Waals surface area contributed by atoms with Crippen molar-refractivity contribution < 1.29 is 9.53 Å². The second-order valence-corrected chi connectivity index (χ2v) is 3.60. The maximum Gasteiger partial charge on any atom is 0.262 e. The van der Waals surface area contributed by atoms with Crippen LogP contribution < -0.4 is 15.4 Å². The molecular formula is C11H14N2O2. The summed E-state index contributed by atoms with van der Waals surface area (Å²) >= 11 is 0. The molecule has 1 aliphatic heterocycles. The van der Waals surface area contributed by atoms with Gasteiger partial charge < -0.3 is 15.4 Å². The fraction of sp³-hybridized carbons (Fsp3) is 0.364. The molecule has 1 unspecified atom stereocenters. The van der Waals surface area contributed by atoms with E-state index in [2.05, 4.69) is 10.6 Å². The molecule has 0 spiro atoms. The van der Waals surface area contributed by atoms with E-state index in [1.54, 1.807) is 7.05 Å². The zero-order valence-corrected chi connectivity index (χ0v) is 8.83. The van der Waals surface area contributed by atoms with Crippen LogP contribution in [0.1, 0.15) is 5.56 Å². The number of benzene rings is 1. The van der Waals surface area contributed by atoms with Gasteiger partial charge in [0.2, 0.25) is 0 Å². The van der Waals surface area contributed by atoms with E-state index in [1.807, 2.05) is 25.1 Å². The van der Waals surface area contributed by atoms with Crippen molar-refractivity contribution >= 4 is 11.6 Å². The highest BCUT2D eigenvalue weighted by Gasteiger charge is 2.24. The Labute approximate surface area is 88.6 Å². The molecule has 0 saturated heterocycles. The maximum absolute atomic E-state index is 11.4. The van der Waals surface area contributed by atoms with Gasteiger partial charge in [-0.3, -0.25) is 4.79 Å². The predicted molar refractivity (Wildman–Crippen MR) is 58.2 cm³/mol. The first kappa shape index (κ1) is 9.83. The number of carbonyl (C=O) groups excluding carboxylic acids is 1. The maximum atomic E-state index is 11.4. The largest absolute Gasteiger partial charge is 0.477 e. The minimum absolute atomic E-state index is 0.103. The Hall–Kier alpha value is -1.71. The van der Waals surface area contributed by atoms with Gasteiger partial charge in [-0.05, 0) is 24.6 Å². The molecule has 0 radical (unpaired) electrons. The molecular weight excluding hydrogens is 192 g/mol. The highest BCUT2D eigenvalue weighted by Crippen LogP contribution is 2.29. The molecule has 15 heavy (non-hydrogen) atoms. The molecule has 1 atom stereocenters. The highest BCUT2D eigenvalue weighted by molar-refractivity contribution is 5.82. The van der Waals surface area contributed by atoms with E-state index in [1.165, 1.54) is 5.56 Å². The smallest absolute Gasteiger partial charge is 0.262 e. The van der Waals surface area contributed by atoms with E-state index in [0.29, 0.717) is 6.54 Å². The SMILES string of the molecule is CNC(=O)C1CNc2cc(C)ccc2O1. The summed E-state index contributed by atoms with van der Waals surface area (Å²) < 4.78 is 5.57. The second-order valence-electron chi connectivity index (χ2n) is 3.60. The highest BCUT2D eigenvalue weighted by atomic mass is 16.5. The number of carbonyl (C=O) groups is 1. The van der Waals surface area contributed by atoms with Gasteiger partial charge in [-0.25, -0.2) is 0 Å². The molecule has 1 aromatic rings. The van der Waals surface area contributed by atoms with Crippen molar-refractivity contribution in [3.63, 3.8) is 0 Å². The molecule has 0 aliphatic carbocycles. The van der Waals surface area contributed by atoms with E-state index < -0.39 is 6.10 Å². The van der Waals surface area contributed by atoms with Gasteiger partial charge in [-0.2, -0.15) is 0 Å². The molecule has 2 rings (SSSR count). The molecule has 4 heteroatoms. The summed E-state index contributed by atoms with van der Waals surface area (Å²) in [4.78, 5) is 11.4. The number of fused-ring (bicyclic) bond motifs is 1. The topological polar surface area (TPSA) is 50.4 Å². The van der Waals surface area contributed by atoms with Crippen molar-refractivity contribution in [3.8, 4) is 5.75 Å². The number of nitrogens with one attached hydrogen (secondary N) is 2. The first-order chi connectivity index (χ1) is 7.20. The van der Waals surface area contributed by atoms with Crippen LogP contribution in [0.2, 0.25) is 0 Å². The molecule has 0 aromatic heterocycles. The standard InChI is InChI=1S/C11H14N2O2/c1-7-3-4-9-8(5-7)13-6-10(15-9)11(14)12-2/h3-5,10,13H,6H2,1-2H3,(H,12,14). The lowest BCUT2D eigenvalue weighted by molar-refractivity contribution is -0.127. The van der Waals surface area contributed by atoms with Crippen LogP contribution in [0.4, 0.5) is 5.69 Å². The molecule has 0 saturated carbocycles. The fourth-order valence-electron chi connectivity index (χ4n) is 1.59. The first-order valence-corrected chi connectivity index (χ1v) is 4.93. The summed E-state index contributed by atoms with van der Waals surface area (Å²) in [7, 11) is 1.61. The van der Waals surface area contributed by atoms with Crippen LogP contribution in [0.5, 0.6) is 5.75 Å². The average Bonchev–Trinajstić information content (AvgIpc) is 2.27. The van der Waals surface area contributed by atoms with Gasteiger partial charge >= 0.3 is 0 Å². The van der Waals surface area contributed by atoms with E-state index in [9.17, 15) is 4.79 Å². The van der Waals surface area contributed by atoms with Gasteiger partial charge in [-0.15, -0.1) is 0 Å². The summed E-state index contributed by atoms with van der Waals surface area (Å²) in [6.07, 6.45) is -0.440. The summed E-state index contributed by atoms with van der Waals surface area (Å²) in [6.45, 7) is 2.53. The van der Waals surface area contributed by atoms with Gasteiger partial charge in [0, 0.05) is 7.05 Å².